The van der Waals surface area contributed by atoms with Crippen molar-refractivity contribution in [1.29, 1.82) is 0 Å². The maximum absolute atomic E-state index is 13.1. The third-order valence-corrected chi connectivity index (χ3v) is 3.60. The van der Waals surface area contributed by atoms with Crippen molar-refractivity contribution in [3.63, 3.8) is 0 Å². The van der Waals surface area contributed by atoms with E-state index in [2.05, 4.69) is 31.9 Å². The number of carbonyl (C=O) groups is 1. The Morgan fingerprint density at radius 1 is 1.50 bits per heavy atom. The molecule has 0 bridgehead atoms. The normalized spacial score (nSPS) is 12.6. The summed E-state index contributed by atoms with van der Waals surface area (Å²) >= 11 is 6.46. The lowest BCUT2D eigenvalue weighted by molar-refractivity contribution is -0.116. The van der Waals surface area contributed by atoms with Crippen molar-refractivity contribution in [2.45, 2.75) is 17.1 Å². The lowest BCUT2D eigenvalue weighted by atomic mass is 10.1. The number of ketones is 1. The fourth-order valence-corrected chi connectivity index (χ4v) is 1.72. The zero-order chi connectivity index (χ0) is 10.7. The Morgan fingerprint density at radius 2 is 2.14 bits per heavy atom. The van der Waals surface area contributed by atoms with Gasteiger partial charge in [-0.25, -0.2) is 4.39 Å². The fraction of sp³-hybridized carbons (Fsp3) is 0.300. The highest BCUT2D eigenvalue weighted by molar-refractivity contribution is 9.09. The minimum Gasteiger partial charge on any atom is -0.298 e. The molecular formula is C10H9Br2FO. The second-order valence-corrected chi connectivity index (χ2v) is 4.48. The molecule has 1 aromatic rings. The van der Waals surface area contributed by atoms with E-state index in [0.717, 1.165) is 5.56 Å². The van der Waals surface area contributed by atoms with E-state index in [1.54, 1.807) is 6.07 Å². The second-order valence-electron chi connectivity index (χ2n) is 3.00. The van der Waals surface area contributed by atoms with E-state index in [0.29, 0.717) is 10.9 Å². The number of hydrogen-bond donors (Lipinski definition) is 0. The molecule has 1 unspecified atom stereocenters. The SMILES string of the molecule is CC(=O)C(Br)c1cc(F)cc(CBr)c1. The van der Waals surface area contributed by atoms with Gasteiger partial charge in [-0.1, -0.05) is 37.9 Å². The molecule has 0 aliphatic rings. The first-order valence-electron chi connectivity index (χ1n) is 4.04. The number of carbonyl (C=O) groups excluding carboxylic acids is 1. The summed E-state index contributed by atoms with van der Waals surface area (Å²) in [4.78, 5) is 10.7. The minimum atomic E-state index is -0.420. The molecule has 1 aromatic carbocycles. The summed E-state index contributed by atoms with van der Waals surface area (Å²) in [6, 6.07) is 4.61. The average molecular weight is 324 g/mol. The summed E-state index contributed by atoms with van der Waals surface area (Å²) in [5.74, 6) is -0.348. The summed E-state index contributed by atoms with van der Waals surface area (Å²) in [7, 11) is 0. The molecule has 14 heavy (non-hydrogen) atoms. The average Bonchev–Trinajstić information content (AvgIpc) is 2.15. The Hall–Kier alpha value is -0.220. The summed E-state index contributed by atoms with van der Waals surface area (Å²) in [5, 5.41) is 0.579. The van der Waals surface area contributed by atoms with Crippen molar-refractivity contribution in [2.75, 3.05) is 0 Å². The van der Waals surface area contributed by atoms with E-state index >= 15 is 0 Å². The molecule has 0 amide bonds. The Kier molecular flexibility index (Phi) is 4.26. The highest BCUT2D eigenvalue weighted by Gasteiger charge is 2.13. The monoisotopic (exact) mass is 322 g/mol. The maximum Gasteiger partial charge on any atom is 0.147 e. The van der Waals surface area contributed by atoms with Crippen LogP contribution < -0.4 is 0 Å². The van der Waals surface area contributed by atoms with Crippen LogP contribution in [0.25, 0.3) is 0 Å². The Balaban J connectivity index is 3.08. The number of Topliss-reactive ketones (excluding diaryl/α,β-unsaturated/α-hetero) is 1. The predicted molar refractivity (Wildman–Crippen MR) is 61.4 cm³/mol. The van der Waals surface area contributed by atoms with E-state index in [1.165, 1.54) is 19.1 Å². The van der Waals surface area contributed by atoms with Gasteiger partial charge in [-0.3, -0.25) is 4.79 Å². The van der Waals surface area contributed by atoms with E-state index in [1.807, 2.05) is 0 Å². The number of benzene rings is 1. The van der Waals surface area contributed by atoms with Gasteiger partial charge in [0.1, 0.15) is 11.6 Å². The van der Waals surface area contributed by atoms with Crippen molar-refractivity contribution in [2.24, 2.45) is 0 Å². The lowest BCUT2D eigenvalue weighted by Gasteiger charge is -2.07. The van der Waals surface area contributed by atoms with Crippen molar-refractivity contribution in [3.05, 3.63) is 35.1 Å². The molecule has 0 aliphatic heterocycles. The molecule has 1 atom stereocenters. The van der Waals surface area contributed by atoms with Gasteiger partial charge >= 0.3 is 0 Å². The molecular weight excluding hydrogens is 315 g/mol. The highest BCUT2D eigenvalue weighted by atomic mass is 79.9. The van der Waals surface area contributed by atoms with Gasteiger partial charge in [0, 0.05) is 5.33 Å². The van der Waals surface area contributed by atoms with Crippen LogP contribution in [0.2, 0.25) is 0 Å². The molecule has 0 aliphatic carbocycles. The van der Waals surface area contributed by atoms with Gasteiger partial charge in [-0.05, 0) is 30.2 Å². The zero-order valence-electron chi connectivity index (χ0n) is 7.56. The Labute approximate surface area is 99.0 Å². The smallest absolute Gasteiger partial charge is 0.147 e. The van der Waals surface area contributed by atoms with Gasteiger partial charge in [0.25, 0.3) is 0 Å². The van der Waals surface area contributed by atoms with Crippen LogP contribution in [0.5, 0.6) is 0 Å². The van der Waals surface area contributed by atoms with Gasteiger partial charge in [-0.15, -0.1) is 0 Å². The Bertz CT molecular complexity index is 352. The van der Waals surface area contributed by atoms with Crippen molar-refractivity contribution < 1.29 is 9.18 Å². The first-order chi connectivity index (χ1) is 6.54. The first-order valence-corrected chi connectivity index (χ1v) is 6.08. The molecule has 0 N–H and O–H groups in total. The fourth-order valence-electron chi connectivity index (χ4n) is 1.13. The quantitative estimate of drug-likeness (QED) is 0.774. The van der Waals surface area contributed by atoms with E-state index in [9.17, 15) is 9.18 Å². The number of rotatable bonds is 3. The minimum absolute atomic E-state index is 0.0314. The van der Waals surface area contributed by atoms with Crippen LogP contribution in [0, 0.1) is 5.82 Å². The summed E-state index contributed by atoms with van der Waals surface area (Å²) in [5.41, 5.74) is 1.48. The molecule has 0 saturated carbocycles. The summed E-state index contributed by atoms with van der Waals surface area (Å²) < 4.78 is 13.1. The van der Waals surface area contributed by atoms with Crippen molar-refractivity contribution >= 4 is 37.6 Å². The van der Waals surface area contributed by atoms with Gasteiger partial charge in [-0.2, -0.15) is 0 Å². The third kappa shape index (κ3) is 2.89. The maximum atomic E-state index is 13.1. The molecule has 0 spiro atoms. The van der Waals surface area contributed by atoms with Crippen LogP contribution in [0.4, 0.5) is 4.39 Å². The predicted octanol–water partition coefficient (Wildman–Crippen LogP) is 3.75. The molecule has 0 heterocycles. The molecule has 0 saturated heterocycles. The van der Waals surface area contributed by atoms with Crippen LogP contribution in [0.15, 0.2) is 18.2 Å². The van der Waals surface area contributed by atoms with Crippen LogP contribution in [-0.4, -0.2) is 5.78 Å². The van der Waals surface area contributed by atoms with Gasteiger partial charge in [0.15, 0.2) is 0 Å². The number of halogens is 3. The van der Waals surface area contributed by atoms with Gasteiger partial charge in [0.2, 0.25) is 0 Å². The zero-order valence-corrected chi connectivity index (χ0v) is 10.7. The lowest BCUT2D eigenvalue weighted by Crippen LogP contribution is -2.02. The highest BCUT2D eigenvalue weighted by Crippen LogP contribution is 2.26. The topological polar surface area (TPSA) is 17.1 Å². The van der Waals surface area contributed by atoms with Gasteiger partial charge in [0.05, 0.1) is 4.83 Å². The molecule has 4 heteroatoms. The first kappa shape index (κ1) is 11.9. The summed E-state index contributed by atoms with van der Waals surface area (Å²) in [6.45, 7) is 1.47. The van der Waals surface area contributed by atoms with Crippen LogP contribution >= 0.6 is 31.9 Å². The molecule has 0 fully saturated rings. The molecule has 0 radical (unpaired) electrons. The van der Waals surface area contributed by atoms with Crippen molar-refractivity contribution in [3.8, 4) is 0 Å². The third-order valence-electron chi connectivity index (χ3n) is 1.78. The van der Waals surface area contributed by atoms with E-state index in [4.69, 9.17) is 0 Å². The Morgan fingerprint density at radius 3 is 2.64 bits per heavy atom. The van der Waals surface area contributed by atoms with E-state index < -0.39 is 4.83 Å². The molecule has 1 nitrogen and oxygen atoms in total. The molecule has 1 rings (SSSR count). The number of hydrogen-bond acceptors (Lipinski definition) is 1. The standard InChI is InChI=1S/C10H9Br2FO/c1-6(14)10(12)8-2-7(5-11)3-9(13)4-8/h2-4,10H,5H2,1H3. The second kappa shape index (κ2) is 5.03. The van der Waals surface area contributed by atoms with Crippen LogP contribution in [0.1, 0.15) is 22.9 Å². The number of alkyl halides is 2. The van der Waals surface area contributed by atoms with Crippen LogP contribution in [-0.2, 0) is 10.1 Å². The van der Waals surface area contributed by atoms with Crippen LogP contribution in [0.3, 0.4) is 0 Å². The van der Waals surface area contributed by atoms with E-state index in [-0.39, 0.29) is 11.6 Å². The summed E-state index contributed by atoms with van der Waals surface area (Å²) in [6.07, 6.45) is 0. The van der Waals surface area contributed by atoms with Gasteiger partial charge < -0.3 is 0 Å². The largest absolute Gasteiger partial charge is 0.298 e. The molecule has 0 aromatic heterocycles. The molecule has 76 valence electrons. The van der Waals surface area contributed by atoms with Crippen molar-refractivity contribution in [1.82, 2.24) is 0 Å².